The summed E-state index contributed by atoms with van der Waals surface area (Å²) in [4.78, 5) is 14.5. The SMILES string of the molecule is CCN(CCc1ccccc1)C(=O)c1ccc(C)c(Br)c1. The van der Waals surface area contributed by atoms with E-state index in [1.165, 1.54) is 5.56 Å². The van der Waals surface area contributed by atoms with Crippen LogP contribution in [0, 0.1) is 6.92 Å². The summed E-state index contributed by atoms with van der Waals surface area (Å²) in [6.07, 6.45) is 0.882. The molecular formula is C18H20BrNO. The number of benzene rings is 2. The van der Waals surface area contributed by atoms with Crippen molar-refractivity contribution in [3.63, 3.8) is 0 Å². The lowest BCUT2D eigenvalue weighted by Gasteiger charge is -2.21. The summed E-state index contributed by atoms with van der Waals surface area (Å²) >= 11 is 3.49. The van der Waals surface area contributed by atoms with Crippen LogP contribution in [0.1, 0.15) is 28.4 Å². The smallest absolute Gasteiger partial charge is 0.253 e. The number of hydrogen-bond acceptors (Lipinski definition) is 1. The standard InChI is InChI=1S/C18H20BrNO/c1-3-20(12-11-15-7-5-4-6-8-15)18(21)16-10-9-14(2)17(19)13-16/h4-10,13H,3,11-12H2,1-2H3. The Morgan fingerprint density at radius 3 is 2.48 bits per heavy atom. The van der Waals surface area contributed by atoms with E-state index in [9.17, 15) is 4.79 Å². The Morgan fingerprint density at radius 2 is 1.86 bits per heavy atom. The van der Waals surface area contributed by atoms with Crippen LogP contribution in [0.5, 0.6) is 0 Å². The van der Waals surface area contributed by atoms with Gasteiger partial charge in [0.25, 0.3) is 5.91 Å². The molecule has 0 bridgehead atoms. The van der Waals surface area contributed by atoms with E-state index in [0.29, 0.717) is 0 Å². The monoisotopic (exact) mass is 345 g/mol. The van der Waals surface area contributed by atoms with Gasteiger partial charge < -0.3 is 4.90 Å². The van der Waals surface area contributed by atoms with E-state index in [1.807, 2.05) is 55.1 Å². The molecule has 2 aromatic carbocycles. The topological polar surface area (TPSA) is 20.3 Å². The number of hydrogen-bond donors (Lipinski definition) is 0. The number of likely N-dealkylation sites (N-methyl/N-ethyl adjacent to an activating group) is 1. The molecule has 2 aromatic rings. The minimum Gasteiger partial charge on any atom is -0.339 e. The highest BCUT2D eigenvalue weighted by Gasteiger charge is 2.14. The van der Waals surface area contributed by atoms with Crippen LogP contribution in [0.25, 0.3) is 0 Å². The van der Waals surface area contributed by atoms with Gasteiger partial charge in [0.2, 0.25) is 0 Å². The average Bonchev–Trinajstić information content (AvgIpc) is 2.51. The minimum atomic E-state index is 0.0918. The van der Waals surface area contributed by atoms with Gasteiger partial charge in [-0.3, -0.25) is 4.79 Å². The van der Waals surface area contributed by atoms with E-state index in [0.717, 1.165) is 35.1 Å². The number of nitrogens with zero attached hydrogens (tertiary/aromatic N) is 1. The van der Waals surface area contributed by atoms with E-state index in [4.69, 9.17) is 0 Å². The van der Waals surface area contributed by atoms with Crippen molar-refractivity contribution in [1.29, 1.82) is 0 Å². The van der Waals surface area contributed by atoms with Crippen molar-refractivity contribution in [2.24, 2.45) is 0 Å². The number of halogens is 1. The van der Waals surface area contributed by atoms with Gasteiger partial charge in [-0.25, -0.2) is 0 Å². The third-order valence-corrected chi connectivity index (χ3v) is 4.46. The minimum absolute atomic E-state index is 0.0918. The number of rotatable bonds is 5. The molecule has 0 saturated carbocycles. The summed E-state index contributed by atoms with van der Waals surface area (Å²) in [6.45, 7) is 5.50. The summed E-state index contributed by atoms with van der Waals surface area (Å²) in [7, 11) is 0. The Kier molecular flexibility index (Phi) is 5.57. The molecule has 21 heavy (non-hydrogen) atoms. The molecule has 0 aliphatic heterocycles. The van der Waals surface area contributed by atoms with E-state index in [2.05, 4.69) is 28.1 Å². The normalized spacial score (nSPS) is 10.4. The molecule has 0 aliphatic carbocycles. The molecule has 0 aliphatic rings. The highest BCUT2D eigenvalue weighted by molar-refractivity contribution is 9.10. The molecule has 0 N–H and O–H groups in total. The van der Waals surface area contributed by atoms with Crippen LogP contribution < -0.4 is 0 Å². The van der Waals surface area contributed by atoms with Crippen LogP contribution in [-0.2, 0) is 6.42 Å². The van der Waals surface area contributed by atoms with Crippen molar-refractivity contribution in [2.45, 2.75) is 20.3 Å². The molecule has 2 rings (SSSR count). The van der Waals surface area contributed by atoms with Crippen molar-refractivity contribution in [3.8, 4) is 0 Å². The highest BCUT2D eigenvalue weighted by atomic mass is 79.9. The first-order valence-electron chi connectivity index (χ1n) is 7.21. The average molecular weight is 346 g/mol. The van der Waals surface area contributed by atoms with Crippen LogP contribution in [0.3, 0.4) is 0 Å². The lowest BCUT2D eigenvalue weighted by Crippen LogP contribution is -2.32. The lowest BCUT2D eigenvalue weighted by molar-refractivity contribution is 0.0766. The molecule has 1 amide bonds. The maximum Gasteiger partial charge on any atom is 0.253 e. The van der Waals surface area contributed by atoms with Crippen LogP contribution in [-0.4, -0.2) is 23.9 Å². The van der Waals surface area contributed by atoms with E-state index in [-0.39, 0.29) is 5.91 Å². The van der Waals surface area contributed by atoms with Crippen LogP contribution in [0.2, 0.25) is 0 Å². The van der Waals surface area contributed by atoms with Crippen LogP contribution in [0.4, 0.5) is 0 Å². The summed E-state index contributed by atoms with van der Waals surface area (Å²) < 4.78 is 0.979. The first-order valence-corrected chi connectivity index (χ1v) is 8.00. The van der Waals surface area contributed by atoms with E-state index < -0.39 is 0 Å². The molecule has 0 atom stereocenters. The van der Waals surface area contributed by atoms with Crippen molar-refractivity contribution in [2.75, 3.05) is 13.1 Å². The first-order chi connectivity index (χ1) is 10.1. The maximum atomic E-state index is 12.6. The lowest BCUT2D eigenvalue weighted by atomic mass is 10.1. The summed E-state index contributed by atoms with van der Waals surface area (Å²) in [5.41, 5.74) is 3.13. The van der Waals surface area contributed by atoms with Crippen molar-refractivity contribution in [3.05, 3.63) is 69.7 Å². The third kappa shape index (κ3) is 4.18. The summed E-state index contributed by atoms with van der Waals surface area (Å²) in [5.74, 6) is 0.0918. The zero-order valence-corrected chi connectivity index (χ0v) is 14.1. The molecule has 0 aromatic heterocycles. The molecule has 110 valence electrons. The van der Waals surface area contributed by atoms with Gasteiger partial charge in [-0.15, -0.1) is 0 Å². The predicted molar refractivity (Wildman–Crippen MR) is 90.6 cm³/mol. The molecule has 0 heterocycles. The van der Waals surface area contributed by atoms with Gasteiger partial charge in [-0.05, 0) is 43.5 Å². The van der Waals surface area contributed by atoms with E-state index in [1.54, 1.807) is 0 Å². The Morgan fingerprint density at radius 1 is 1.14 bits per heavy atom. The summed E-state index contributed by atoms with van der Waals surface area (Å²) in [6, 6.07) is 16.0. The Hall–Kier alpha value is -1.61. The Balaban J connectivity index is 2.06. The number of amides is 1. The van der Waals surface area contributed by atoms with Gasteiger partial charge in [0.05, 0.1) is 0 Å². The second-order valence-corrected chi connectivity index (χ2v) is 5.94. The van der Waals surface area contributed by atoms with E-state index >= 15 is 0 Å². The fourth-order valence-corrected chi connectivity index (χ4v) is 2.60. The first kappa shape index (κ1) is 15.8. The van der Waals surface area contributed by atoms with Gasteiger partial charge in [0.1, 0.15) is 0 Å². The van der Waals surface area contributed by atoms with Crippen molar-refractivity contribution >= 4 is 21.8 Å². The van der Waals surface area contributed by atoms with Gasteiger partial charge in [-0.1, -0.05) is 52.3 Å². The number of aryl methyl sites for hydroxylation is 1. The van der Waals surface area contributed by atoms with Gasteiger partial charge >= 0.3 is 0 Å². The second kappa shape index (κ2) is 7.41. The quantitative estimate of drug-likeness (QED) is 0.783. The fraction of sp³-hybridized carbons (Fsp3) is 0.278. The molecule has 3 heteroatoms. The predicted octanol–water partition coefficient (Wildman–Crippen LogP) is 4.46. The Bertz CT molecular complexity index is 610. The molecule has 0 fully saturated rings. The molecule has 2 nitrogen and oxygen atoms in total. The third-order valence-electron chi connectivity index (χ3n) is 3.60. The van der Waals surface area contributed by atoms with Crippen molar-refractivity contribution in [1.82, 2.24) is 4.90 Å². The summed E-state index contributed by atoms with van der Waals surface area (Å²) in [5, 5.41) is 0. The molecule has 0 unspecified atom stereocenters. The van der Waals surface area contributed by atoms with Crippen molar-refractivity contribution < 1.29 is 4.79 Å². The van der Waals surface area contributed by atoms with Gasteiger partial charge in [-0.2, -0.15) is 0 Å². The maximum absolute atomic E-state index is 12.6. The molecule has 0 radical (unpaired) electrons. The van der Waals surface area contributed by atoms with Gasteiger partial charge in [0.15, 0.2) is 0 Å². The largest absolute Gasteiger partial charge is 0.339 e. The van der Waals surface area contributed by atoms with Crippen LogP contribution in [0.15, 0.2) is 53.0 Å². The Labute approximate surface area is 134 Å². The highest BCUT2D eigenvalue weighted by Crippen LogP contribution is 2.18. The van der Waals surface area contributed by atoms with Crippen LogP contribution >= 0.6 is 15.9 Å². The fourth-order valence-electron chi connectivity index (χ4n) is 2.22. The second-order valence-electron chi connectivity index (χ2n) is 5.08. The molecular weight excluding hydrogens is 326 g/mol. The van der Waals surface area contributed by atoms with Gasteiger partial charge in [0, 0.05) is 23.1 Å². The zero-order valence-electron chi connectivity index (χ0n) is 12.5. The number of carbonyl (C=O) groups excluding carboxylic acids is 1. The molecule has 0 saturated heterocycles. The molecule has 0 spiro atoms. The number of carbonyl (C=O) groups is 1. The zero-order chi connectivity index (χ0) is 15.2.